The summed E-state index contributed by atoms with van der Waals surface area (Å²) in [5, 5.41) is 13.9. The van der Waals surface area contributed by atoms with Crippen LogP contribution in [0.5, 0.6) is 0 Å². The molecule has 1 aliphatic rings. The Kier molecular flexibility index (Phi) is 5.75. The molecule has 0 bridgehead atoms. The number of hydrogen-bond donors (Lipinski definition) is 1. The van der Waals surface area contributed by atoms with Crippen molar-refractivity contribution < 1.29 is 13.3 Å². The molecular formula is C17H22N6O4S. The maximum Gasteiger partial charge on any atom is 0.269 e. The summed E-state index contributed by atoms with van der Waals surface area (Å²) in [5.74, 6) is 2.15. The molecule has 1 N–H and O–H groups in total. The van der Waals surface area contributed by atoms with E-state index in [1.165, 1.54) is 28.6 Å². The van der Waals surface area contributed by atoms with Crippen LogP contribution in [0, 0.1) is 17.0 Å². The van der Waals surface area contributed by atoms with Crippen LogP contribution >= 0.6 is 0 Å². The van der Waals surface area contributed by atoms with E-state index in [0.29, 0.717) is 32.0 Å². The number of hydrogen-bond acceptors (Lipinski definition) is 8. The summed E-state index contributed by atoms with van der Waals surface area (Å²) in [6, 6.07) is 6.81. The number of anilines is 2. The number of nitrogens with zero attached hydrogens (tertiary/aromatic N) is 5. The summed E-state index contributed by atoms with van der Waals surface area (Å²) in [5.41, 5.74) is -0.139. The number of sulfonamides is 1. The second kappa shape index (κ2) is 8.07. The fourth-order valence-electron chi connectivity index (χ4n) is 3.03. The van der Waals surface area contributed by atoms with Crippen molar-refractivity contribution in [3.63, 3.8) is 0 Å². The first-order chi connectivity index (χ1) is 13.3. The number of nitro benzene ring substituents is 1. The van der Waals surface area contributed by atoms with Crippen LogP contribution < -0.4 is 10.2 Å². The first-order valence-electron chi connectivity index (χ1n) is 8.90. The first-order valence-corrected chi connectivity index (χ1v) is 10.3. The Balaban J connectivity index is 1.71. The molecule has 10 nitrogen and oxygen atoms in total. The van der Waals surface area contributed by atoms with E-state index >= 15 is 0 Å². The molecule has 0 spiro atoms. The Morgan fingerprint density at radius 1 is 1.14 bits per heavy atom. The summed E-state index contributed by atoms with van der Waals surface area (Å²) >= 11 is 0. The van der Waals surface area contributed by atoms with Crippen molar-refractivity contribution in [3.05, 3.63) is 46.3 Å². The van der Waals surface area contributed by atoms with Gasteiger partial charge < -0.3 is 10.2 Å². The molecule has 1 fully saturated rings. The Bertz CT molecular complexity index is 956. The largest absolute Gasteiger partial charge is 0.370 e. The van der Waals surface area contributed by atoms with Crippen LogP contribution in [0.2, 0.25) is 0 Å². The van der Waals surface area contributed by atoms with Gasteiger partial charge in [-0.1, -0.05) is 0 Å². The maximum atomic E-state index is 12.8. The van der Waals surface area contributed by atoms with E-state index < -0.39 is 14.9 Å². The van der Waals surface area contributed by atoms with Gasteiger partial charge in [0.15, 0.2) is 0 Å². The number of nitro groups is 1. The molecule has 0 atom stereocenters. The molecule has 1 aromatic carbocycles. The Morgan fingerprint density at radius 2 is 1.79 bits per heavy atom. The van der Waals surface area contributed by atoms with E-state index in [-0.39, 0.29) is 10.6 Å². The van der Waals surface area contributed by atoms with Crippen molar-refractivity contribution in [2.45, 2.75) is 18.7 Å². The normalized spacial score (nSPS) is 15.4. The topological polar surface area (TPSA) is 122 Å². The van der Waals surface area contributed by atoms with Gasteiger partial charge >= 0.3 is 0 Å². The molecule has 0 unspecified atom stereocenters. The van der Waals surface area contributed by atoms with Gasteiger partial charge in [-0.15, -0.1) is 0 Å². The number of non-ortho nitro benzene ring substituents is 1. The lowest BCUT2D eigenvalue weighted by molar-refractivity contribution is -0.384. The third-order valence-electron chi connectivity index (χ3n) is 4.43. The van der Waals surface area contributed by atoms with Gasteiger partial charge in [0.25, 0.3) is 5.69 Å². The highest BCUT2D eigenvalue weighted by molar-refractivity contribution is 7.89. The smallest absolute Gasteiger partial charge is 0.269 e. The number of nitrogens with one attached hydrogen (secondary N) is 1. The zero-order chi connectivity index (χ0) is 20.3. The van der Waals surface area contributed by atoms with Gasteiger partial charge in [-0.05, 0) is 26.0 Å². The van der Waals surface area contributed by atoms with Gasteiger partial charge in [0, 0.05) is 50.9 Å². The zero-order valence-electron chi connectivity index (χ0n) is 15.7. The second-order valence-corrected chi connectivity index (χ2v) is 8.27. The molecule has 0 radical (unpaired) electrons. The quantitative estimate of drug-likeness (QED) is 0.567. The van der Waals surface area contributed by atoms with Crippen molar-refractivity contribution in [2.75, 3.05) is 42.9 Å². The van der Waals surface area contributed by atoms with Crippen LogP contribution in [0.1, 0.15) is 12.7 Å². The van der Waals surface area contributed by atoms with E-state index in [9.17, 15) is 18.5 Å². The number of aromatic nitrogens is 2. The van der Waals surface area contributed by atoms with E-state index in [0.717, 1.165) is 18.2 Å². The Labute approximate surface area is 163 Å². The lowest BCUT2D eigenvalue weighted by atomic mass is 10.3. The van der Waals surface area contributed by atoms with Crippen LogP contribution in [-0.4, -0.2) is 60.3 Å². The predicted octanol–water partition coefficient (Wildman–Crippen LogP) is 1.64. The molecule has 150 valence electrons. The van der Waals surface area contributed by atoms with Crippen molar-refractivity contribution in [1.82, 2.24) is 14.3 Å². The summed E-state index contributed by atoms with van der Waals surface area (Å²) in [4.78, 5) is 21.1. The highest BCUT2D eigenvalue weighted by atomic mass is 32.2. The van der Waals surface area contributed by atoms with Crippen molar-refractivity contribution in [3.8, 4) is 0 Å². The molecule has 2 heterocycles. The fraction of sp³-hybridized carbons (Fsp3) is 0.412. The van der Waals surface area contributed by atoms with E-state index in [1.807, 2.05) is 24.8 Å². The number of piperazine rings is 1. The van der Waals surface area contributed by atoms with Gasteiger partial charge in [-0.2, -0.15) is 4.31 Å². The van der Waals surface area contributed by atoms with E-state index in [1.54, 1.807) is 0 Å². The highest BCUT2D eigenvalue weighted by Crippen LogP contribution is 2.23. The van der Waals surface area contributed by atoms with Crippen LogP contribution in [0.25, 0.3) is 0 Å². The number of benzene rings is 1. The standard InChI is InChI=1S/C17H22N6O4S/c1-3-18-16-12-17(20-13(2)19-16)21-8-10-22(11-9-21)28(26,27)15-6-4-14(5-7-15)23(24)25/h4-7,12H,3,8-11H2,1-2H3,(H,18,19,20). The van der Waals surface area contributed by atoms with Crippen LogP contribution in [-0.2, 0) is 10.0 Å². The molecule has 2 aromatic rings. The summed E-state index contributed by atoms with van der Waals surface area (Å²) in [7, 11) is -3.70. The minimum atomic E-state index is -3.70. The first kappa shape index (κ1) is 20.0. The molecule has 0 aliphatic carbocycles. The maximum absolute atomic E-state index is 12.8. The van der Waals surface area contributed by atoms with E-state index in [2.05, 4.69) is 15.3 Å². The van der Waals surface area contributed by atoms with E-state index in [4.69, 9.17) is 0 Å². The van der Waals surface area contributed by atoms with Gasteiger partial charge in [-0.3, -0.25) is 10.1 Å². The van der Waals surface area contributed by atoms with Gasteiger partial charge in [-0.25, -0.2) is 18.4 Å². The Morgan fingerprint density at radius 3 is 2.36 bits per heavy atom. The lowest BCUT2D eigenvalue weighted by Gasteiger charge is -2.34. The molecular weight excluding hydrogens is 384 g/mol. The minimum absolute atomic E-state index is 0.0545. The number of rotatable bonds is 6. The monoisotopic (exact) mass is 406 g/mol. The number of aryl methyl sites for hydroxylation is 1. The van der Waals surface area contributed by atoms with Gasteiger partial charge in [0.05, 0.1) is 9.82 Å². The molecule has 1 saturated heterocycles. The highest BCUT2D eigenvalue weighted by Gasteiger charge is 2.29. The van der Waals surface area contributed by atoms with Crippen molar-refractivity contribution in [1.29, 1.82) is 0 Å². The van der Waals surface area contributed by atoms with Crippen LogP contribution in [0.3, 0.4) is 0 Å². The molecule has 28 heavy (non-hydrogen) atoms. The average Bonchev–Trinajstić information content (AvgIpc) is 2.68. The summed E-state index contributed by atoms with van der Waals surface area (Å²) in [6.45, 7) is 6.15. The lowest BCUT2D eigenvalue weighted by Crippen LogP contribution is -2.49. The van der Waals surface area contributed by atoms with Gasteiger partial charge in [0.1, 0.15) is 17.5 Å². The molecule has 1 aliphatic heterocycles. The predicted molar refractivity (Wildman–Crippen MR) is 105 cm³/mol. The van der Waals surface area contributed by atoms with Crippen molar-refractivity contribution >= 4 is 27.3 Å². The third kappa shape index (κ3) is 4.20. The SMILES string of the molecule is CCNc1cc(N2CCN(S(=O)(=O)c3ccc([N+](=O)[O-])cc3)CC2)nc(C)n1. The Hall–Kier alpha value is -2.79. The zero-order valence-corrected chi connectivity index (χ0v) is 16.5. The van der Waals surface area contributed by atoms with Crippen LogP contribution in [0.15, 0.2) is 35.2 Å². The second-order valence-electron chi connectivity index (χ2n) is 6.33. The molecule has 3 rings (SSSR count). The molecule has 0 amide bonds. The minimum Gasteiger partial charge on any atom is -0.370 e. The van der Waals surface area contributed by atoms with Gasteiger partial charge in [0.2, 0.25) is 10.0 Å². The molecule has 11 heteroatoms. The van der Waals surface area contributed by atoms with Crippen LogP contribution in [0.4, 0.5) is 17.3 Å². The van der Waals surface area contributed by atoms with Crippen molar-refractivity contribution in [2.24, 2.45) is 0 Å². The fourth-order valence-corrected chi connectivity index (χ4v) is 4.45. The average molecular weight is 406 g/mol. The molecule has 1 aromatic heterocycles. The summed E-state index contributed by atoms with van der Waals surface area (Å²) in [6.07, 6.45) is 0. The third-order valence-corrected chi connectivity index (χ3v) is 6.34. The summed E-state index contributed by atoms with van der Waals surface area (Å²) < 4.78 is 27.0. The molecule has 0 saturated carbocycles.